The number of hydrogen-bond acceptors (Lipinski definition) is 4. The summed E-state index contributed by atoms with van der Waals surface area (Å²) in [7, 11) is 0. The number of carbonyl (C=O) groups is 1. The summed E-state index contributed by atoms with van der Waals surface area (Å²) >= 11 is 0. The Morgan fingerprint density at radius 3 is 2.20 bits per heavy atom. The second-order valence-corrected chi connectivity index (χ2v) is 6.45. The van der Waals surface area contributed by atoms with E-state index in [4.69, 9.17) is 4.74 Å². The van der Waals surface area contributed by atoms with Crippen molar-refractivity contribution in [3.63, 3.8) is 0 Å². The summed E-state index contributed by atoms with van der Waals surface area (Å²) in [6.07, 6.45) is 0.656. The molecular weight excluding hydrogens is 256 g/mol. The Hall–Kier alpha value is -0.610. The van der Waals surface area contributed by atoms with Crippen LogP contribution in [0.4, 0.5) is 0 Å². The topological polar surface area (TPSA) is 66.8 Å². The summed E-state index contributed by atoms with van der Waals surface area (Å²) < 4.78 is 5.01. The molecule has 1 saturated carbocycles. The highest BCUT2D eigenvalue weighted by Crippen LogP contribution is 2.40. The maximum absolute atomic E-state index is 11.6. The fourth-order valence-electron chi connectivity index (χ4n) is 3.33. The van der Waals surface area contributed by atoms with Crippen molar-refractivity contribution in [3.05, 3.63) is 0 Å². The van der Waals surface area contributed by atoms with Gasteiger partial charge in [-0.25, -0.2) is 0 Å². The van der Waals surface area contributed by atoms with E-state index in [1.54, 1.807) is 6.92 Å². The molecule has 0 saturated heterocycles. The van der Waals surface area contributed by atoms with Gasteiger partial charge in [0.15, 0.2) is 0 Å². The maximum atomic E-state index is 11.6. The average Bonchev–Trinajstić information content (AvgIpc) is 2.43. The van der Waals surface area contributed by atoms with Gasteiger partial charge >= 0.3 is 5.97 Å². The number of ether oxygens (including phenoxy) is 1. The third kappa shape index (κ3) is 3.73. The first-order chi connectivity index (χ1) is 9.31. The summed E-state index contributed by atoms with van der Waals surface area (Å²) in [6.45, 7) is 10.0. The maximum Gasteiger partial charge on any atom is 0.308 e. The molecule has 118 valence electrons. The largest absolute Gasteiger partial charge is 0.466 e. The van der Waals surface area contributed by atoms with E-state index in [1.165, 1.54) is 0 Å². The van der Waals surface area contributed by atoms with Crippen LogP contribution in [0, 0.1) is 29.6 Å². The Bertz CT molecular complexity index is 302. The van der Waals surface area contributed by atoms with Crippen molar-refractivity contribution in [3.8, 4) is 0 Å². The van der Waals surface area contributed by atoms with E-state index in [0.717, 1.165) is 6.42 Å². The van der Waals surface area contributed by atoms with Gasteiger partial charge in [-0.2, -0.15) is 0 Å². The van der Waals surface area contributed by atoms with E-state index >= 15 is 0 Å². The van der Waals surface area contributed by atoms with Crippen molar-refractivity contribution in [1.82, 2.24) is 0 Å². The lowest BCUT2D eigenvalue weighted by atomic mass is 9.65. The van der Waals surface area contributed by atoms with Crippen molar-refractivity contribution < 1.29 is 19.7 Å². The predicted octanol–water partition coefficient (Wildman–Crippen LogP) is 2.23. The third-order valence-corrected chi connectivity index (χ3v) is 5.18. The van der Waals surface area contributed by atoms with E-state index in [2.05, 4.69) is 0 Å². The summed E-state index contributed by atoms with van der Waals surface area (Å²) in [5.74, 6) is -0.0185. The molecule has 0 amide bonds. The van der Waals surface area contributed by atoms with Gasteiger partial charge in [-0.05, 0) is 43.4 Å². The first kappa shape index (κ1) is 17.4. The molecule has 20 heavy (non-hydrogen) atoms. The summed E-state index contributed by atoms with van der Waals surface area (Å²) in [5.41, 5.74) is 0. The minimum atomic E-state index is -0.405. The molecule has 1 aliphatic rings. The lowest BCUT2D eigenvalue weighted by molar-refractivity contribution is -0.148. The lowest BCUT2D eigenvalue weighted by Crippen LogP contribution is -2.49. The van der Waals surface area contributed by atoms with Crippen LogP contribution in [0.15, 0.2) is 0 Å². The molecule has 0 spiro atoms. The number of esters is 1. The first-order valence-electron chi connectivity index (χ1n) is 7.84. The molecule has 4 heteroatoms. The molecule has 0 aromatic carbocycles. The van der Waals surface area contributed by atoms with Crippen LogP contribution >= 0.6 is 0 Å². The molecular formula is C16H30O4. The Labute approximate surface area is 122 Å². The summed E-state index contributed by atoms with van der Waals surface area (Å²) in [5, 5.41) is 20.7. The van der Waals surface area contributed by atoms with Gasteiger partial charge in [0.25, 0.3) is 0 Å². The molecule has 1 aliphatic carbocycles. The van der Waals surface area contributed by atoms with Gasteiger partial charge in [-0.15, -0.1) is 0 Å². The van der Waals surface area contributed by atoms with Gasteiger partial charge in [0.05, 0.1) is 24.7 Å². The van der Waals surface area contributed by atoms with E-state index in [-0.39, 0.29) is 41.7 Å². The Kier molecular flexibility index (Phi) is 6.46. The average molecular weight is 286 g/mol. The zero-order valence-electron chi connectivity index (χ0n) is 13.4. The number of rotatable bonds is 5. The van der Waals surface area contributed by atoms with Gasteiger partial charge in [0.1, 0.15) is 0 Å². The highest BCUT2D eigenvalue weighted by Gasteiger charge is 2.43. The number of carbonyl (C=O) groups excluding carboxylic acids is 1. The van der Waals surface area contributed by atoms with E-state index in [0.29, 0.717) is 13.0 Å². The molecule has 0 radical (unpaired) electrons. The molecule has 1 fully saturated rings. The Morgan fingerprint density at radius 1 is 1.10 bits per heavy atom. The van der Waals surface area contributed by atoms with Gasteiger partial charge in [-0.3, -0.25) is 4.79 Å². The fraction of sp³-hybridized carbons (Fsp3) is 0.938. The molecule has 7 atom stereocenters. The monoisotopic (exact) mass is 286 g/mol. The van der Waals surface area contributed by atoms with Gasteiger partial charge < -0.3 is 14.9 Å². The Morgan fingerprint density at radius 2 is 1.65 bits per heavy atom. The Balaban J connectivity index is 2.59. The zero-order chi connectivity index (χ0) is 15.4. The predicted molar refractivity (Wildman–Crippen MR) is 78.0 cm³/mol. The van der Waals surface area contributed by atoms with Crippen molar-refractivity contribution in [2.24, 2.45) is 29.6 Å². The fourth-order valence-corrected chi connectivity index (χ4v) is 3.33. The molecule has 0 aromatic rings. The second-order valence-electron chi connectivity index (χ2n) is 6.45. The van der Waals surface area contributed by atoms with Crippen molar-refractivity contribution in [2.45, 2.75) is 59.7 Å². The van der Waals surface area contributed by atoms with Gasteiger partial charge in [-0.1, -0.05) is 27.7 Å². The normalized spacial score (nSPS) is 39.4. The second kappa shape index (κ2) is 7.41. The highest BCUT2D eigenvalue weighted by atomic mass is 16.5. The van der Waals surface area contributed by atoms with E-state index < -0.39 is 6.10 Å². The molecule has 0 aromatic heterocycles. The van der Waals surface area contributed by atoms with Gasteiger partial charge in [0.2, 0.25) is 0 Å². The van der Waals surface area contributed by atoms with Crippen LogP contribution < -0.4 is 0 Å². The molecule has 0 bridgehead atoms. The number of hydrogen-bond donors (Lipinski definition) is 2. The van der Waals surface area contributed by atoms with Crippen LogP contribution in [-0.4, -0.2) is 35.0 Å². The molecule has 0 heterocycles. The summed E-state index contributed by atoms with van der Waals surface area (Å²) in [6, 6.07) is 0. The van der Waals surface area contributed by atoms with Crippen molar-refractivity contribution in [2.75, 3.05) is 6.61 Å². The smallest absolute Gasteiger partial charge is 0.308 e. The third-order valence-electron chi connectivity index (χ3n) is 5.18. The minimum absolute atomic E-state index is 0.0491. The minimum Gasteiger partial charge on any atom is -0.466 e. The summed E-state index contributed by atoms with van der Waals surface area (Å²) in [4.78, 5) is 11.6. The SMILES string of the molecule is CCOC(=O)[C@H](C)CCC1C(C)C(O)C(C)C(C)C1O. The zero-order valence-corrected chi connectivity index (χ0v) is 13.4. The van der Waals surface area contributed by atoms with Crippen molar-refractivity contribution in [1.29, 1.82) is 0 Å². The molecule has 1 rings (SSSR count). The van der Waals surface area contributed by atoms with E-state index in [1.807, 2.05) is 27.7 Å². The van der Waals surface area contributed by atoms with Crippen LogP contribution in [-0.2, 0) is 9.53 Å². The molecule has 2 N–H and O–H groups in total. The lowest BCUT2D eigenvalue weighted by Gasteiger charge is -2.45. The van der Waals surface area contributed by atoms with Crippen LogP contribution in [0.1, 0.15) is 47.5 Å². The van der Waals surface area contributed by atoms with Crippen LogP contribution in [0.25, 0.3) is 0 Å². The van der Waals surface area contributed by atoms with Crippen LogP contribution in [0.3, 0.4) is 0 Å². The first-order valence-corrected chi connectivity index (χ1v) is 7.84. The molecule has 0 aliphatic heterocycles. The van der Waals surface area contributed by atoms with Crippen LogP contribution in [0.2, 0.25) is 0 Å². The van der Waals surface area contributed by atoms with Gasteiger partial charge in [0, 0.05) is 0 Å². The molecule has 6 unspecified atom stereocenters. The molecule has 4 nitrogen and oxygen atoms in total. The van der Waals surface area contributed by atoms with Crippen LogP contribution in [0.5, 0.6) is 0 Å². The highest BCUT2D eigenvalue weighted by molar-refractivity contribution is 5.71. The number of aliphatic hydroxyl groups excluding tert-OH is 2. The van der Waals surface area contributed by atoms with E-state index in [9.17, 15) is 15.0 Å². The van der Waals surface area contributed by atoms with Crippen molar-refractivity contribution >= 4 is 5.97 Å². The quantitative estimate of drug-likeness (QED) is 0.761. The number of aliphatic hydroxyl groups is 2. The standard InChI is InChI=1S/C16H30O4/c1-6-20-16(19)9(2)7-8-13-12(5)14(17)10(3)11(4)15(13)18/h9-15,17-18H,6-8H2,1-5H3/t9-,10?,11?,12?,13?,14?,15?/m1/s1.